The van der Waals surface area contributed by atoms with Gasteiger partial charge in [-0.25, -0.2) is 0 Å². The van der Waals surface area contributed by atoms with E-state index in [4.69, 9.17) is 0 Å². The van der Waals surface area contributed by atoms with E-state index in [1.165, 1.54) is 0 Å². The first-order valence-corrected chi connectivity index (χ1v) is 13.7. The van der Waals surface area contributed by atoms with Crippen molar-refractivity contribution in [2.45, 2.75) is 45.2 Å². The molecule has 1 amide bonds. The number of rotatable bonds is 3. The minimum Gasteiger partial charge on any atom is -0.352 e. The number of fused-ring (bicyclic) bond motifs is 6. The number of nitrogens with zero attached hydrogens (tertiary/aromatic N) is 1. The number of nitrogens with one attached hydrogen (secondary N) is 1. The number of halogens is 1. The molecule has 1 N–H and O–H groups in total. The minimum absolute atomic E-state index is 0.0604. The molecule has 0 radical (unpaired) electrons. The fourth-order valence-corrected chi connectivity index (χ4v) is 6.89. The Hall–Kier alpha value is -3.51. The second kappa shape index (κ2) is 8.50. The smallest absolute Gasteiger partial charge is 0.238 e. The normalized spacial score (nSPS) is 25.4. The van der Waals surface area contributed by atoms with Crippen LogP contribution in [0.25, 0.3) is 5.57 Å². The standard InChI is InChI=1S/C32H29BrN2O3/c1-18-17-25-32(22-10-6-7-11-23(22)34-30(32)38)26(28(36)19-13-15-20(33)16-14-19)27(29(37)31(2,3)4)35(25)24-12-8-5-9-21(18)24/h5-17,25-27H,1-4H3,(H,34,38)/t25-,26+,27-,32-/m0/s1. The van der Waals surface area contributed by atoms with Gasteiger partial charge >= 0.3 is 0 Å². The maximum Gasteiger partial charge on any atom is 0.238 e. The van der Waals surface area contributed by atoms with Crippen LogP contribution in [0.5, 0.6) is 0 Å². The molecule has 1 spiro atoms. The Labute approximate surface area is 231 Å². The first-order valence-electron chi connectivity index (χ1n) is 12.9. The summed E-state index contributed by atoms with van der Waals surface area (Å²) < 4.78 is 0.853. The highest BCUT2D eigenvalue weighted by atomic mass is 79.9. The van der Waals surface area contributed by atoms with Gasteiger partial charge in [0.25, 0.3) is 0 Å². The Morgan fingerprint density at radius 3 is 2.32 bits per heavy atom. The van der Waals surface area contributed by atoms with Crippen LogP contribution in [0.1, 0.15) is 49.2 Å². The number of hydrogen-bond acceptors (Lipinski definition) is 4. The Kier molecular flexibility index (Phi) is 5.55. The number of hydrogen-bond donors (Lipinski definition) is 1. The first-order chi connectivity index (χ1) is 18.1. The SMILES string of the molecule is CC1=C[C@@H]2N(c3ccccc31)[C@H](C(=O)C(C)(C)C)[C@H](C(=O)c1ccc(Br)cc1)[C@@]21C(=O)Nc2ccccc21. The molecule has 1 saturated heterocycles. The van der Waals surface area contributed by atoms with Crippen molar-refractivity contribution in [3.8, 4) is 0 Å². The summed E-state index contributed by atoms with van der Waals surface area (Å²) in [6.07, 6.45) is 2.09. The molecule has 5 nitrogen and oxygen atoms in total. The van der Waals surface area contributed by atoms with Crippen LogP contribution in [0.2, 0.25) is 0 Å². The first kappa shape index (κ1) is 24.8. The lowest BCUT2D eigenvalue weighted by molar-refractivity contribution is -0.128. The van der Waals surface area contributed by atoms with Crippen LogP contribution in [0.4, 0.5) is 11.4 Å². The molecule has 3 heterocycles. The summed E-state index contributed by atoms with van der Waals surface area (Å²) in [7, 11) is 0. The largest absolute Gasteiger partial charge is 0.352 e. The maximum absolute atomic E-state index is 14.7. The highest BCUT2D eigenvalue weighted by Crippen LogP contribution is 2.59. The van der Waals surface area contributed by atoms with Crippen molar-refractivity contribution < 1.29 is 14.4 Å². The molecule has 1 fully saturated rings. The zero-order valence-electron chi connectivity index (χ0n) is 21.8. The molecule has 4 atom stereocenters. The average Bonchev–Trinajstić information content (AvgIpc) is 3.36. The van der Waals surface area contributed by atoms with Crippen molar-refractivity contribution >= 4 is 50.4 Å². The molecule has 3 aliphatic heterocycles. The summed E-state index contributed by atoms with van der Waals surface area (Å²) in [6.45, 7) is 7.69. The van der Waals surface area contributed by atoms with Gasteiger partial charge in [0.05, 0.1) is 12.0 Å². The molecule has 0 aliphatic carbocycles. The number of benzene rings is 3. The fraction of sp³-hybridized carbons (Fsp3) is 0.281. The molecular formula is C32H29BrN2O3. The third kappa shape index (κ3) is 3.32. The van der Waals surface area contributed by atoms with Gasteiger partial charge in [-0.15, -0.1) is 0 Å². The fourth-order valence-electron chi connectivity index (χ4n) is 6.62. The van der Waals surface area contributed by atoms with E-state index in [2.05, 4.69) is 32.2 Å². The van der Waals surface area contributed by atoms with Crippen molar-refractivity contribution in [1.29, 1.82) is 0 Å². The van der Waals surface area contributed by atoms with E-state index in [1.54, 1.807) is 12.1 Å². The molecule has 192 valence electrons. The van der Waals surface area contributed by atoms with Crippen molar-refractivity contribution in [2.75, 3.05) is 10.2 Å². The molecule has 3 aliphatic rings. The van der Waals surface area contributed by atoms with Gasteiger partial charge in [-0.2, -0.15) is 0 Å². The molecule has 0 aromatic heterocycles. The third-order valence-electron chi connectivity index (χ3n) is 8.30. The quantitative estimate of drug-likeness (QED) is 0.370. The van der Waals surface area contributed by atoms with Crippen LogP contribution in [0.15, 0.2) is 83.3 Å². The topological polar surface area (TPSA) is 66.5 Å². The van der Waals surface area contributed by atoms with Gasteiger partial charge in [-0.05, 0) is 42.3 Å². The summed E-state index contributed by atoms with van der Waals surface area (Å²) >= 11 is 3.46. The van der Waals surface area contributed by atoms with E-state index in [0.29, 0.717) is 11.3 Å². The van der Waals surface area contributed by atoms with Crippen molar-refractivity contribution in [2.24, 2.45) is 11.3 Å². The lowest BCUT2D eigenvalue weighted by Crippen LogP contribution is -2.51. The lowest BCUT2D eigenvalue weighted by atomic mass is 9.63. The number of para-hydroxylation sites is 2. The number of carbonyl (C=O) groups excluding carboxylic acids is 3. The second-order valence-corrected chi connectivity index (χ2v) is 12.4. The molecule has 38 heavy (non-hydrogen) atoms. The van der Waals surface area contributed by atoms with Gasteiger partial charge < -0.3 is 10.2 Å². The number of carbonyl (C=O) groups is 3. The van der Waals surface area contributed by atoms with E-state index >= 15 is 0 Å². The predicted octanol–water partition coefficient (Wildman–Crippen LogP) is 6.43. The maximum atomic E-state index is 14.7. The zero-order valence-corrected chi connectivity index (χ0v) is 23.4. The van der Waals surface area contributed by atoms with Crippen molar-refractivity contribution in [3.63, 3.8) is 0 Å². The summed E-state index contributed by atoms with van der Waals surface area (Å²) in [5.74, 6) is -1.43. The lowest BCUT2D eigenvalue weighted by Gasteiger charge is -2.39. The monoisotopic (exact) mass is 568 g/mol. The summed E-state index contributed by atoms with van der Waals surface area (Å²) in [6, 6.07) is 21.4. The van der Waals surface area contributed by atoms with Crippen molar-refractivity contribution in [1.82, 2.24) is 0 Å². The van der Waals surface area contributed by atoms with Gasteiger partial charge in [0, 0.05) is 32.4 Å². The molecule has 6 rings (SSSR count). The van der Waals surface area contributed by atoms with Crippen LogP contribution in [-0.2, 0) is 15.0 Å². The number of allylic oxidation sites excluding steroid dienone is 1. The van der Waals surface area contributed by atoms with Gasteiger partial charge in [-0.3, -0.25) is 14.4 Å². The summed E-state index contributed by atoms with van der Waals surface area (Å²) in [5, 5.41) is 3.08. The van der Waals surface area contributed by atoms with Crippen LogP contribution < -0.4 is 10.2 Å². The van der Waals surface area contributed by atoms with E-state index < -0.39 is 28.8 Å². The number of Topliss-reactive ketones (excluding diaryl/α,β-unsaturated/α-hetero) is 2. The molecule has 6 heteroatoms. The zero-order chi connectivity index (χ0) is 27.0. The Bertz CT molecular complexity index is 1530. The third-order valence-corrected chi connectivity index (χ3v) is 8.83. The van der Waals surface area contributed by atoms with Gasteiger partial charge in [0.15, 0.2) is 11.6 Å². The highest BCUT2D eigenvalue weighted by molar-refractivity contribution is 9.10. The van der Waals surface area contributed by atoms with Crippen LogP contribution >= 0.6 is 15.9 Å². The van der Waals surface area contributed by atoms with Crippen LogP contribution in [0.3, 0.4) is 0 Å². The van der Waals surface area contributed by atoms with Gasteiger partial charge in [0.1, 0.15) is 11.5 Å². The minimum atomic E-state index is -1.28. The predicted molar refractivity (Wildman–Crippen MR) is 153 cm³/mol. The van der Waals surface area contributed by atoms with Gasteiger partial charge in [-0.1, -0.05) is 91.3 Å². The van der Waals surface area contributed by atoms with E-state index in [-0.39, 0.29) is 17.5 Å². The molecule has 0 bridgehead atoms. The van der Waals surface area contributed by atoms with E-state index in [9.17, 15) is 14.4 Å². The van der Waals surface area contributed by atoms with Crippen LogP contribution in [-0.4, -0.2) is 29.6 Å². The van der Waals surface area contributed by atoms with E-state index in [1.807, 2.05) is 88.4 Å². The molecule has 3 aromatic rings. The number of amides is 1. The molecule has 0 unspecified atom stereocenters. The number of anilines is 2. The van der Waals surface area contributed by atoms with Crippen LogP contribution in [0, 0.1) is 11.3 Å². The van der Waals surface area contributed by atoms with E-state index in [0.717, 1.165) is 26.9 Å². The summed E-state index contributed by atoms with van der Waals surface area (Å²) in [5.41, 5.74) is 2.84. The molecule has 3 aromatic carbocycles. The van der Waals surface area contributed by atoms with Gasteiger partial charge in [0.2, 0.25) is 5.91 Å². The Morgan fingerprint density at radius 1 is 0.947 bits per heavy atom. The average molecular weight is 569 g/mol. The summed E-state index contributed by atoms with van der Waals surface area (Å²) in [4.78, 5) is 45.5. The molecular weight excluding hydrogens is 540 g/mol. The number of ketones is 2. The Morgan fingerprint density at radius 2 is 1.61 bits per heavy atom. The highest BCUT2D eigenvalue weighted by Gasteiger charge is 2.71. The Balaban J connectivity index is 1.70. The molecule has 0 saturated carbocycles. The second-order valence-electron chi connectivity index (χ2n) is 11.5. The van der Waals surface area contributed by atoms with Crippen molar-refractivity contribution in [3.05, 3.63) is 100 Å².